The van der Waals surface area contributed by atoms with Crippen LogP contribution in [-0.4, -0.2) is 85.0 Å². The number of carbonyl (C=O) groups is 1. The number of likely N-dealkylation sites (tertiary alicyclic amines) is 1. The van der Waals surface area contributed by atoms with Crippen LogP contribution in [0.5, 0.6) is 11.5 Å². The molecule has 0 spiro atoms. The monoisotopic (exact) mass is 624 g/mol. The molecule has 4 heterocycles. The Morgan fingerprint density at radius 1 is 1.11 bits per heavy atom. The van der Waals surface area contributed by atoms with Crippen molar-refractivity contribution < 1.29 is 19.0 Å². The first-order chi connectivity index (χ1) is 21.4. The number of benzene rings is 1. The maximum Gasteiger partial charge on any atom is 0.260 e. The van der Waals surface area contributed by atoms with Crippen molar-refractivity contribution in [1.29, 1.82) is 0 Å². The molecule has 0 aliphatic carbocycles. The number of pyridine rings is 1. The van der Waals surface area contributed by atoms with E-state index in [9.17, 15) is 9.59 Å². The van der Waals surface area contributed by atoms with Crippen LogP contribution < -0.4 is 25.7 Å². The minimum absolute atomic E-state index is 0.0389. The summed E-state index contributed by atoms with van der Waals surface area (Å²) in [6, 6.07) is 5.44. The molecule has 1 aromatic carbocycles. The second kappa shape index (κ2) is 14.9. The first-order valence-electron chi connectivity index (χ1n) is 15.2. The van der Waals surface area contributed by atoms with Crippen molar-refractivity contribution in [3.8, 4) is 22.6 Å². The molecule has 236 valence electrons. The summed E-state index contributed by atoms with van der Waals surface area (Å²) >= 11 is 6.72. The van der Waals surface area contributed by atoms with Gasteiger partial charge in [0.1, 0.15) is 17.1 Å². The minimum atomic E-state index is -0.227. The molecule has 2 fully saturated rings. The average molecular weight is 625 g/mol. The highest BCUT2D eigenvalue weighted by atomic mass is 35.5. The molecule has 2 aromatic heterocycles. The smallest absolute Gasteiger partial charge is 0.260 e. The number of amides is 1. The molecule has 0 unspecified atom stereocenters. The van der Waals surface area contributed by atoms with E-state index in [2.05, 4.69) is 22.2 Å². The standard InChI is InChI=1S/C32H41ClN6O5/c1-4-28(40)38-12-6-23(7-13-38)34-11-14-39-30-22(20-36-32(37-30)35-10-5-21-8-15-44-16-9-21)17-26(31(39)41)25-18-24(42-2)19-27(43-3)29(25)33/h4,17-21,23,34H,1,5-16H2,2-3H3,(H,35,36,37). The predicted octanol–water partition coefficient (Wildman–Crippen LogP) is 4.12. The number of hydrogen-bond acceptors (Lipinski definition) is 9. The van der Waals surface area contributed by atoms with E-state index in [4.69, 9.17) is 30.8 Å². The average Bonchev–Trinajstić information content (AvgIpc) is 3.06. The lowest BCUT2D eigenvalue weighted by Gasteiger charge is -2.32. The molecule has 5 rings (SSSR count). The van der Waals surface area contributed by atoms with Crippen LogP contribution in [0.3, 0.4) is 0 Å². The van der Waals surface area contributed by atoms with E-state index in [1.54, 1.807) is 36.1 Å². The van der Waals surface area contributed by atoms with Gasteiger partial charge in [-0.2, -0.15) is 4.98 Å². The van der Waals surface area contributed by atoms with Gasteiger partial charge in [0.25, 0.3) is 5.56 Å². The molecule has 1 amide bonds. The number of piperidine rings is 1. The van der Waals surface area contributed by atoms with Gasteiger partial charge in [0.15, 0.2) is 0 Å². The topological polar surface area (TPSA) is 120 Å². The van der Waals surface area contributed by atoms with Crippen LogP contribution in [0.25, 0.3) is 22.2 Å². The summed E-state index contributed by atoms with van der Waals surface area (Å²) in [6.45, 7) is 8.23. The molecule has 11 nitrogen and oxygen atoms in total. The number of ether oxygens (including phenoxy) is 3. The fraction of sp³-hybridized carbons (Fsp3) is 0.500. The van der Waals surface area contributed by atoms with Gasteiger partial charge in [0, 0.05) is 80.8 Å². The van der Waals surface area contributed by atoms with Crippen molar-refractivity contribution in [3.63, 3.8) is 0 Å². The summed E-state index contributed by atoms with van der Waals surface area (Å²) in [4.78, 5) is 37.3. The zero-order chi connectivity index (χ0) is 31.1. The van der Waals surface area contributed by atoms with Crippen molar-refractivity contribution in [2.24, 2.45) is 5.92 Å². The van der Waals surface area contributed by atoms with Crippen molar-refractivity contribution in [1.82, 2.24) is 24.8 Å². The van der Waals surface area contributed by atoms with Crippen molar-refractivity contribution in [3.05, 3.63) is 52.4 Å². The number of halogens is 1. The van der Waals surface area contributed by atoms with E-state index < -0.39 is 0 Å². The SMILES string of the molecule is C=CC(=O)N1CCC(NCCn2c(=O)c(-c3cc(OC)cc(OC)c3Cl)cc3cnc(NCCC4CCOCC4)nc32)CC1. The van der Waals surface area contributed by atoms with Gasteiger partial charge >= 0.3 is 0 Å². The van der Waals surface area contributed by atoms with E-state index in [1.807, 2.05) is 4.90 Å². The van der Waals surface area contributed by atoms with Crippen LogP contribution in [0.4, 0.5) is 5.95 Å². The van der Waals surface area contributed by atoms with Crippen molar-refractivity contribution in [2.75, 3.05) is 58.9 Å². The van der Waals surface area contributed by atoms with E-state index in [0.29, 0.717) is 76.7 Å². The summed E-state index contributed by atoms with van der Waals surface area (Å²) in [5, 5.41) is 7.96. The van der Waals surface area contributed by atoms with Crippen molar-refractivity contribution in [2.45, 2.75) is 44.7 Å². The van der Waals surface area contributed by atoms with Crippen LogP contribution in [0.2, 0.25) is 5.02 Å². The predicted molar refractivity (Wildman–Crippen MR) is 172 cm³/mol. The van der Waals surface area contributed by atoms with Gasteiger partial charge in [-0.25, -0.2) is 4.98 Å². The molecule has 3 aromatic rings. The van der Waals surface area contributed by atoms with Gasteiger partial charge in [-0.3, -0.25) is 14.2 Å². The fourth-order valence-corrected chi connectivity index (χ4v) is 6.20. The maximum atomic E-state index is 14.1. The molecule has 0 radical (unpaired) electrons. The van der Waals surface area contributed by atoms with Crippen LogP contribution in [-0.2, 0) is 16.1 Å². The Labute approximate surface area is 262 Å². The second-order valence-electron chi connectivity index (χ2n) is 11.2. The van der Waals surface area contributed by atoms with Crippen molar-refractivity contribution >= 4 is 34.5 Å². The normalized spacial score (nSPS) is 16.2. The largest absolute Gasteiger partial charge is 0.497 e. The van der Waals surface area contributed by atoms with E-state index in [1.165, 1.54) is 13.2 Å². The summed E-state index contributed by atoms with van der Waals surface area (Å²) in [6.07, 6.45) is 7.90. The van der Waals surface area contributed by atoms with E-state index in [0.717, 1.165) is 51.9 Å². The number of rotatable bonds is 12. The third-order valence-electron chi connectivity index (χ3n) is 8.51. The molecule has 12 heteroatoms. The Hall–Kier alpha value is -3.67. The number of aromatic nitrogens is 3. The number of methoxy groups -OCH3 is 2. The Balaban J connectivity index is 1.42. The summed E-state index contributed by atoms with van der Waals surface area (Å²) in [5.41, 5.74) is 1.23. The van der Waals surface area contributed by atoms with Gasteiger partial charge in [-0.1, -0.05) is 18.2 Å². The lowest BCUT2D eigenvalue weighted by Crippen LogP contribution is -2.45. The second-order valence-corrected chi connectivity index (χ2v) is 11.6. The molecule has 2 N–H and O–H groups in total. The Kier molecular flexibility index (Phi) is 10.7. The van der Waals surface area contributed by atoms with Gasteiger partial charge in [-0.15, -0.1) is 0 Å². The number of hydrogen-bond donors (Lipinski definition) is 2. The van der Waals surface area contributed by atoms with E-state index >= 15 is 0 Å². The number of fused-ring (bicyclic) bond motifs is 1. The molecular weight excluding hydrogens is 584 g/mol. The Bertz CT molecular complexity index is 1530. The molecule has 2 aliphatic heterocycles. The highest BCUT2D eigenvalue weighted by Crippen LogP contribution is 2.38. The van der Waals surface area contributed by atoms with Gasteiger partial charge in [0.2, 0.25) is 11.9 Å². The third kappa shape index (κ3) is 7.34. The Morgan fingerprint density at radius 3 is 2.59 bits per heavy atom. The van der Waals surface area contributed by atoms with Crippen LogP contribution in [0, 0.1) is 5.92 Å². The zero-order valence-electron chi connectivity index (χ0n) is 25.4. The Morgan fingerprint density at radius 2 is 1.89 bits per heavy atom. The lowest BCUT2D eigenvalue weighted by molar-refractivity contribution is -0.127. The van der Waals surface area contributed by atoms with Gasteiger partial charge < -0.3 is 29.7 Å². The molecule has 44 heavy (non-hydrogen) atoms. The summed E-state index contributed by atoms with van der Waals surface area (Å²) in [7, 11) is 3.08. The first-order valence-corrected chi connectivity index (χ1v) is 15.6. The van der Waals surface area contributed by atoms with E-state index in [-0.39, 0.29) is 17.5 Å². The van der Waals surface area contributed by atoms with Crippen LogP contribution in [0.1, 0.15) is 32.1 Å². The fourth-order valence-electron chi connectivity index (χ4n) is 5.92. The zero-order valence-corrected chi connectivity index (χ0v) is 26.2. The summed E-state index contributed by atoms with van der Waals surface area (Å²) in [5.74, 6) is 2.00. The number of nitrogens with zero attached hydrogens (tertiary/aromatic N) is 4. The first kappa shape index (κ1) is 31.7. The molecule has 0 saturated carbocycles. The highest BCUT2D eigenvalue weighted by Gasteiger charge is 2.22. The third-order valence-corrected chi connectivity index (χ3v) is 8.90. The molecular formula is C32H41ClN6O5. The lowest BCUT2D eigenvalue weighted by atomic mass is 9.97. The number of anilines is 1. The van der Waals surface area contributed by atoms with Crippen LogP contribution >= 0.6 is 11.6 Å². The molecule has 0 bridgehead atoms. The molecule has 2 aliphatic rings. The quantitative estimate of drug-likeness (QED) is 0.287. The highest BCUT2D eigenvalue weighted by molar-refractivity contribution is 6.35. The summed E-state index contributed by atoms with van der Waals surface area (Å²) < 4.78 is 18.1. The van der Waals surface area contributed by atoms with Crippen LogP contribution in [0.15, 0.2) is 41.8 Å². The minimum Gasteiger partial charge on any atom is -0.497 e. The molecule has 2 saturated heterocycles. The molecule has 0 atom stereocenters. The van der Waals surface area contributed by atoms with Gasteiger partial charge in [0.05, 0.1) is 19.2 Å². The number of nitrogens with one attached hydrogen (secondary N) is 2. The maximum absolute atomic E-state index is 14.1. The number of carbonyl (C=O) groups excluding carboxylic acids is 1. The van der Waals surface area contributed by atoms with Gasteiger partial charge in [-0.05, 0) is 56.2 Å².